The summed E-state index contributed by atoms with van der Waals surface area (Å²) in [5.74, 6) is 11.3. The molecule has 0 aliphatic heterocycles. The zero-order valence-electron chi connectivity index (χ0n) is 72.6. The maximum Gasteiger partial charge on any atom is 0.472 e. The monoisotopic (exact) mass is 1520 g/mol. The molecule has 16 atom stereocenters. The van der Waals surface area contributed by atoms with Gasteiger partial charge in [0.15, 0.2) is 0 Å². The van der Waals surface area contributed by atoms with E-state index in [4.69, 9.17) is 37.0 Å². The van der Waals surface area contributed by atoms with Gasteiger partial charge >= 0.3 is 15.6 Å². The number of phosphoric acid groups is 2. The predicted molar refractivity (Wildman–Crippen MR) is 445 cm³/mol. The molecule has 0 fully saturated rings. The van der Waals surface area contributed by atoms with Gasteiger partial charge in [-0.05, 0) is 120 Å². The first-order chi connectivity index (χ1) is 49.2. The van der Waals surface area contributed by atoms with E-state index in [1.807, 2.05) is 0 Å². The first-order valence-electron chi connectivity index (χ1n) is 44.5. The summed E-state index contributed by atoms with van der Waals surface area (Å²) < 4.78 is 73.2. The van der Waals surface area contributed by atoms with Crippen molar-refractivity contribution in [3.8, 4) is 0 Å². The van der Waals surface area contributed by atoms with Crippen LogP contribution < -0.4 is 0 Å². The van der Waals surface area contributed by atoms with Gasteiger partial charge in [-0.25, -0.2) is 9.13 Å². The summed E-state index contributed by atoms with van der Waals surface area (Å²) in [5, 5.41) is 10.8. The molecular weight excluding hydrogens is 1340 g/mol. The summed E-state index contributed by atoms with van der Waals surface area (Å²) in [4.78, 5) is 21.7. The molecule has 13 nitrogen and oxygen atoms in total. The van der Waals surface area contributed by atoms with E-state index >= 15 is 0 Å². The molecule has 626 valence electrons. The minimum atomic E-state index is -4.71. The molecule has 0 radical (unpaired) electrons. The van der Waals surface area contributed by atoms with Crippen LogP contribution in [-0.2, 0) is 46.2 Å². The molecule has 15 heteroatoms. The Kier molecular flexibility index (Phi) is 66.5. The SMILES string of the molecule is CC(C)CCCC(C)CCCC(C)CCCC(C)CCOC[C@@H](COP(=O)(O)OCC(O)COP(=O)(O)OC[C@H](COCCC(C)CCCC(C)CCCC(C)CCCC(C)C)OCCC(C)CCCC(C)CCCC(C)CCCC(C)C)OCCC(C)CCCC(C)CCCC(C)CCCC(C)C. The van der Waals surface area contributed by atoms with Gasteiger partial charge in [-0.1, -0.05) is 370 Å². The van der Waals surface area contributed by atoms with Crippen LogP contribution in [0.25, 0.3) is 0 Å². The minimum Gasteiger partial charge on any atom is -0.388 e. The number of aliphatic hydroxyl groups excluding tert-OH is 1. The maximum absolute atomic E-state index is 13.3. The molecule has 0 amide bonds. The molecule has 0 spiro atoms. The number of phosphoric ester groups is 2. The molecule has 0 aromatic rings. The lowest BCUT2D eigenvalue weighted by molar-refractivity contribution is -0.0513. The summed E-state index contributed by atoms with van der Waals surface area (Å²) in [7, 11) is -9.43. The van der Waals surface area contributed by atoms with Crippen molar-refractivity contribution in [3.05, 3.63) is 0 Å². The number of hydrogen-bond donors (Lipinski definition) is 3. The van der Waals surface area contributed by atoms with Crippen LogP contribution >= 0.6 is 15.6 Å². The van der Waals surface area contributed by atoms with E-state index in [1.54, 1.807) is 0 Å². The van der Waals surface area contributed by atoms with Crippen LogP contribution in [0.5, 0.6) is 0 Å². The lowest BCUT2D eigenvalue weighted by atomic mass is 9.91. The molecule has 0 rings (SSSR count). The van der Waals surface area contributed by atoms with E-state index in [0.717, 1.165) is 122 Å². The highest BCUT2D eigenvalue weighted by Gasteiger charge is 2.29. The second-order valence-electron chi connectivity index (χ2n) is 37.1. The third kappa shape index (κ3) is 69.9. The molecule has 0 heterocycles. The number of ether oxygens (including phenoxy) is 4. The van der Waals surface area contributed by atoms with Gasteiger partial charge in [-0.2, -0.15) is 0 Å². The minimum absolute atomic E-state index is 0.191. The fourth-order valence-electron chi connectivity index (χ4n) is 14.7. The van der Waals surface area contributed by atoms with E-state index in [-0.39, 0.29) is 26.4 Å². The second-order valence-corrected chi connectivity index (χ2v) is 40.0. The van der Waals surface area contributed by atoms with Crippen molar-refractivity contribution in [1.82, 2.24) is 0 Å². The number of aliphatic hydroxyl groups is 1. The summed E-state index contributed by atoms with van der Waals surface area (Å²) in [6, 6.07) is 0. The average Bonchev–Trinajstić information content (AvgIpc) is 0.903. The van der Waals surface area contributed by atoms with Crippen molar-refractivity contribution in [3.63, 3.8) is 0 Å². The predicted octanol–water partition coefficient (Wildman–Crippen LogP) is 27.3. The Bertz CT molecular complexity index is 1830. The Morgan fingerprint density at radius 1 is 0.221 bits per heavy atom. The van der Waals surface area contributed by atoms with Crippen molar-refractivity contribution >= 4 is 15.6 Å². The van der Waals surface area contributed by atoms with Gasteiger partial charge in [-0.3, -0.25) is 18.1 Å². The number of hydrogen-bond acceptors (Lipinski definition) is 11. The lowest BCUT2D eigenvalue weighted by Crippen LogP contribution is -2.28. The fourth-order valence-corrected chi connectivity index (χ4v) is 16.3. The largest absolute Gasteiger partial charge is 0.472 e. The van der Waals surface area contributed by atoms with Crippen LogP contribution in [0.4, 0.5) is 0 Å². The van der Waals surface area contributed by atoms with Gasteiger partial charge in [0.2, 0.25) is 0 Å². The Morgan fingerprint density at radius 2 is 0.385 bits per heavy atom. The Hall–Kier alpha value is 0.0200. The van der Waals surface area contributed by atoms with Gasteiger partial charge in [0.05, 0.1) is 39.6 Å². The first kappa shape index (κ1) is 104. The van der Waals surface area contributed by atoms with Crippen molar-refractivity contribution < 1.29 is 61.1 Å². The van der Waals surface area contributed by atoms with Gasteiger partial charge in [-0.15, -0.1) is 0 Å². The maximum atomic E-state index is 13.3. The summed E-state index contributed by atoms with van der Waals surface area (Å²) in [5.41, 5.74) is 0. The van der Waals surface area contributed by atoms with Crippen molar-refractivity contribution in [2.45, 2.75) is 414 Å². The standard InChI is InChI=1S/C89H182O13P2/c1-71(2)33-21-37-75(9)41-25-45-79(13)49-29-53-83(17)57-61-95-67-88(97-63-59-85(19)55-31-51-81(15)47-27-43-77(11)39-23-35-73(5)6)69-101-103(91,92)99-65-87(90)66-100-104(93,94)102-70-89(98-64-60-86(20)56-32-52-82(16)48-28-44-78(12)40-24-36-74(7)8)68-96-62-58-84(18)54-30-50-80(14)46-26-42-76(10)38-22-34-72(3)4/h71-90H,21-70H2,1-20H3,(H,91,92)(H,93,94)/t75?,76?,77?,78?,79?,80?,81?,82?,83?,84?,85?,86?,87?,88-,89-/m0/s1. The summed E-state index contributed by atoms with van der Waals surface area (Å²) in [6.45, 7) is 47.5. The highest BCUT2D eigenvalue weighted by Crippen LogP contribution is 2.46. The molecule has 14 unspecified atom stereocenters. The van der Waals surface area contributed by atoms with Gasteiger partial charge in [0, 0.05) is 26.4 Å². The topological polar surface area (TPSA) is 169 Å². The van der Waals surface area contributed by atoms with E-state index in [2.05, 4.69) is 138 Å². The lowest BCUT2D eigenvalue weighted by Gasteiger charge is -2.23. The van der Waals surface area contributed by atoms with Gasteiger partial charge < -0.3 is 33.8 Å². The van der Waals surface area contributed by atoms with E-state index in [1.165, 1.54) is 205 Å². The van der Waals surface area contributed by atoms with Crippen molar-refractivity contribution in [1.29, 1.82) is 0 Å². The van der Waals surface area contributed by atoms with Crippen molar-refractivity contribution in [2.24, 2.45) is 94.7 Å². The normalized spacial score (nSPS) is 18.1. The van der Waals surface area contributed by atoms with Crippen LogP contribution in [0.3, 0.4) is 0 Å². The van der Waals surface area contributed by atoms with Gasteiger partial charge in [0.25, 0.3) is 0 Å². The Balaban J connectivity index is 5.52. The van der Waals surface area contributed by atoms with Crippen LogP contribution in [0.15, 0.2) is 0 Å². The Morgan fingerprint density at radius 3 is 0.577 bits per heavy atom. The van der Waals surface area contributed by atoms with E-state index < -0.39 is 47.2 Å². The van der Waals surface area contributed by atoms with E-state index in [9.17, 15) is 24.0 Å². The summed E-state index contributed by atoms with van der Waals surface area (Å²) in [6.07, 6.45) is 46.9. The first-order valence-corrected chi connectivity index (χ1v) is 47.5. The third-order valence-corrected chi connectivity index (χ3v) is 24.7. The second kappa shape index (κ2) is 66.5. The van der Waals surface area contributed by atoms with Crippen LogP contribution in [0.2, 0.25) is 0 Å². The molecule has 0 saturated carbocycles. The molecule has 0 saturated heterocycles. The van der Waals surface area contributed by atoms with Crippen molar-refractivity contribution in [2.75, 3.05) is 66.1 Å². The molecule has 0 aliphatic rings. The molecular formula is C89H182O13P2. The summed E-state index contributed by atoms with van der Waals surface area (Å²) >= 11 is 0. The number of rotatable bonds is 78. The molecule has 0 aromatic heterocycles. The molecule has 0 aromatic carbocycles. The molecule has 0 bridgehead atoms. The van der Waals surface area contributed by atoms with Crippen LogP contribution in [0.1, 0.15) is 395 Å². The van der Waals surface area contributed by atoms with Crippen LogP contribution in [0, 0.1) is 94.7 Å². The highest BCUT2D eigenvalue weighted by molar-refractivity contribution is 7.47. The fraction of sp³-hybridized carbons (Fsp3) is 1.00. The zero-order valence-corrected chi connectivity index (χ0v) is 74.4. The Labute approximate surface area is 647 Å². The highest BCUT2D eigenvalue weighted by atomic mass is 31.2. The smallest absolute Gasteiger partial charge is 0.388 e. The molecule has 3 N–H and O–H groups in total. The quantitative estimate of drug-likeness (QED) is 0.0389. The average molecular weight is 1520 g/mol. The van der Waals surface area contributed by atoms with E-state index in [0.29, 0.717) is 50.1 Å². The molecule has 104 heavy (non-hydrogen) atoms. The molecule has 0 aliphatic carbocycles. The van der Waals surface area contributed by atoms with Crippen LogP contribution in [-0.4, -0.2) is 99.3 Å². The van der Waals surface area contributed by atoms with Gasteiger partial charge in [0.1, 0.15) is 18.3 Å². The zero-order chi connectivity index (χ0) is 78.0. The third-order valence-electron chi connectivity index (χ3n) is 22.8.